The van der Waals surface area contributed by atoms with Crippen LogP contribution in [0.25, 0.3) is 0 Å². The van der Waals surface area contributed by atoms with Crippen molar-refractivity contribution in [1.82, 2.24) is 9.88 Å². The maximum absolute atomic E-state index is 12.5. The van der Waals surface area contributed by atoms with Crippen LogP contribution in [0.5, 0.6) is 0 Å². The number of amides is 3. The van der Waals surface area contributed by atoms with E-state index in [0.29, 0.717) is 28.1 Å². The summed E-state index contributed by atoms with van der Waals surface area (Å²) in [6, 6.07) is 17.2. The van der Waals surface area contributed by atoms with Gasteiger partial charge >= 0.3 is 0 Å². The van der Waals surface area contributed by atoms with Crippen molar-refractivity contribution in [2.75, 3.05) is 5.32 Å². The molecule has 0 aliphatic carbocycles. The number of aromatic nitrogens is 1. The van der Waals surface area contributed by atoms with Gasteiger partial charge in [-0.25, -0.2) is 4.98 Å². The molecular formula is C22H17N3O3. The van der Waals surface area contributed by atoms with Gasteiger partial charge in [-0.05, 0) is 48.4 Å². The number of aryl methyl sites for hydroxylation is 1. The Morgan fingerprint density at radius 3 is 2.32 bits per heavy atom. The largest absolute Gasteiger partial charge is 0.307 e. The molecule has 1 aliphatic rings. The summed E-state index contributed by atoms with van der Waals surface area (Å²) >= 11 is 0. The van der Waals surface area contributed by atoms with E-state index in [2.05, 4.69) is 10.3 Å². The Bertz CT molecular complexity index is 1060. The highest BCUT2D eigenvalue weighted by Crippen LogP contribution is 2.24. The summed E-state index contributed by atoms with van der Waals surface area (Å²) in [5.41, 5.74) is 2.94. The first-order valence-corrected chi connectivity index (χ1v) is 8.81. The minimum Gasteiger partial charge on any atom is -0.307 e. The molecule has 1 aromatic heterocycles. The Balaban J connectivity index is 1.51. The van der Waals surface area contributed by atoms with Gasteiger partial charge in [0.2, 0.25) is 0 Å². The molecular weight excluding hydrogens is 354 g/mol. The Morgan fingerprint density at radius 2 is 1.68 bits per heavy atom. The summed E-state index contributed by atoms with van der Waals surface area (Å²) in [5.74, 6) is -0.486. The third kappa shape index (κ3) is 3.27. The zero-order chi connectivity index (χ0) is 19.7. The number of nitrogens with one attached hydrogen (secondary N) is 1. The number of hydrogen-bond donors (Lipinski definition) is 1. The Labute approximate surface area is 161 Å². The molecule has 28 heavy (non-hydrogen) atoms. The first-order valence-electron chi connectivity index (χ1n) is 8.81. The zero-order valence-corrected chi connectivity index (χ0v) is 15.2. The molecule has 0 spiro atoms. The fraction of sp³-hybridized carbons (Fsp3) is 0.0909. The SMILES string of the molecule is Cc1ccc(NC(=O)c2cccc(CN3C(=O)c4ccccc4C3=O)c2)nc1. The van der Waals surface area contributed by atoms with Gasteiger partial charge in [0, 0.05) is 11.8 Å². The second-order valence-corrected chi connectivity index (χ2v) is 6.62. The van der Waals surface area contributed by atoms with Crippen LogP contribution in [0.15, 0.2) is 66.9 Å². The highest BCUT2D eigenvalue weighted by atomic mass is 16.2. The van der Waals surface area contributed by atoms with E-state index in [-0.39, 0.29) is 24.3 Å². The van der Waals surface area contributed by atoms with Crippen LogP contribution in [0.2, 0.25) is 0 Å². The van der Waals surface area contributed by atoms with Crippen molar-refractivity contribution in [1.29, 1.82) is 0 Å². The lowest BCUT2D eigenvalue weighted by Gasteiger charge is -2.14. The van der Waals surface area contributed by atoms with Crippen LogP contribution in [0.1, 0.15) is 42.2 Å². The fourth-order valence-corrected chi connectivity index (χ4v) is 3.11. The number of rotatable bonds is 4. The molecule has 1 aliphatic heterocycles. The third-order valence-corrected chi connectivity index (χ3v) is 4.56. The van der Waals surface area contributed by atoms with Crippen molar-refractivity contribution in [3.63, 3.8) is 0 Å². The van der Waals surface area contributed by atoms with Gasteiger partial charge in [0.25, 0.3) is 17.7 Å². The first-order chi connectivity index (χ1) is 13.5. The summed E-state index contributed by atoms with van der Waals surface area (Å²) in [4.78, 5) is 42.9. The van der Waals surface area contributed by atoms with Crippen LogP contribution < -0.4 is 5.32 Å². The first kappa shape index (κ1) is 17.6. The molecule has 6 heteroatoms. The van der Waals surface area contributed by atoms with Crippen molar-refractivity contribution in [3.05, 3.63) is 94.7 Å². The number of hydrogen-bond acceptors (Lipinski definition) is 4. The van der Waals surface area contributed by atoms with Gasteiger partial charge in [0.15, 0.2) is 0 Å². The molecule has 0 radical (unpaired) electrons. The smallest absolute Gasteiger partial charge is 0.261 e. The van der Waals surface area contributed by atoms with Gasteiger partial charge in [-0.2, -0.15) is 0 Å². The van der Waals surface area contributed by atoms with Gasteiger partial charge in [0.1, 0.15) is 5.82 Å². The molecule has 3 amide bonds. The van der Waals surface area contributed by atoms with E-state index in [4.69, 9.17) is 0 Å². The summed E-state index contributed by atoms with van der Waals surface area (Å²) < 4.78 is 0. The van der Waals surface area contributed by atoms with E-state index in [1.807, 2.05) is 13.0 Å². The monoisotopic (exact) mass is 371 g/mol. The average molecular weight is 371 g/mol. The molecule has 0 unspecified atom stereocenters. The molecule has 2 aromatic carbocycles. The van der Waals surface area contributed by atoms with Crippen molar-refractivity contribution < 1.29 is 14.4 Å². The van der Waals surface area contributed by atoms with Crippen LogP contribution in [0.4, 0.5) is 5.82 Å². The topological polar surface area (TPSA) is 79.4 Å². The molecule has 0 atom stereocenters. The molecule has 0 saturated heterocycles. The van der Waals surface area contributed by atoms with Crippen molar-refractivity contribution >= 4 is 23.5 Å². The molecule has 0 fully saturated rings. The summed E-state index contributed by atoms with van der Waals surface area (Å²) in [5, 5.41) is 2.74. The van der Waals surface area contributed by atoms with Gasteiger partial charge in [-0.3, -0.25) is 19.3 Å². The van der Waals surface area contributed by atoms with E-state index in [0.717, 1.165) is 5.56 Å². The number of pyridine rings is 1. The summed E-state index contributed by atoms with van der Waals surface area (Å²) in [7, 11) is 0. The second kappa shape index (κ2) is 7.08. The maximum Gasteiger partial charge on any atom is 0.261 e. The fourth-order valence-electron chi connectivity index (χ4n) is 3.11. The number of benzene rings is 2. The zero-order valence-electron chi connectivity index (χ0n) is 15.2. The molecule has 0 saturated carbocycles. The number of fused-ring (bicyclic) bond motifs is 1. The third-order valence-electron chi connectivity index (χ3n) is 4.56. The quantitative estimate of drug-likeness (QED) is 0.713. The van der Waals surface area contributed by atoms with Gasteiger partial charge in [0.05, 0.1) is 17.7 Å². The number of nitrogens with zero attached hydrogens (tertiary/aromatic N) is 2. The lowest BCUT2D eigenvalue weighted by Crippen LogP contribution is -2.29. The molecule has 6 nitrogen and oxygen atoms in total. The number of carbonyl (C=O) groups excluding carboxylic acids is 3. The normalized spacial score (nSPS) is 12.8. The van der Waals surface area contributed by atoms with Gasteiger partial charge in [-0.15, -0.1) is 0 Å². The average Bonchev–Trinajstić information content (AvgIpc) is 2.95. The standard InChI is InChI=1S/C22H17N3O3/c1-14-9-10-19(23-12-14)24-20(26)16-6-4-5-15(11-16)13-25-21(27)17-7-2-3-8-18(17)22(25)28/h2-12H,13H2,1H3,(H,23,24,26). The Kier molecular flexibility index (Phi) is 4.45. The Hall–Kier alpha value is -3.80. The molecule has 138 valence electrons. The lowest BCUT2D eigenvalue weighted by atomic mass is 10.1. The van der Waals surface area contributed by atoms with Crippen molar-refractivity contribution in [3.8, 4) is 0 Å². The molecule has 0 bridgehead atoms. The minimum atomic E-state index is -0.320. The lowest BCUT2D eigenvalue weighted by molar-refractivity contribution is 0.0642. The van der Waals surface area contributed by atoms with Crippen LogP contribution >= 0.6 is 0 Å². The van der Waals surface area contributed by atoms with Crippen molar-refractivity contribution in [2.45, 2.75) is 13.5 Å². The molecule has 1 N–H and O–H groups in total. The highest BCUT2D eigenvalue weighted by Gasteiger charge is 2.34. The predicted octanol–water partition coefficient (Wildman–Crippen LogP) is 3.44. The van der Waals surface area contributed by atoms with E-state index in [9.17, 15) is 14.4 Å². The van der Waals surface area contributed by atoms with Crippen LogP contribution in [0.3, 0.4) is 0 Å². The van der Waals surface area contributed by atoms with Crippen LogP contribution in [0, 0.1) is 6.92 Å². The van der Waals surface area contributed by atoms with Crippen LogP contribution in [-0.2, 0) is 6.54 Å². The van der Waals surface area contributed by atoms with E-state index >= 15 is 0 Å². The molecule has 3 aromatic rings. The second-order valence-electron chi connectivity index (χ2n) is 6.62. The van der Waals surface area contributed by atoms with Crippen LogP contribution in [-0.4, -0.2) is 27.6 Å². The van der Waals surface area contributed by atoms with Crippen molar-refractivity contribution in [2.24, 2.45) is 0 Å². The molecule has 2 heterocycles. The summed E-state index contributed by atoms with van der Waals surface area (Å²) in [6.45, 7) is 2.03. The van der Waals surface area contributed by atoms with Gasteiger partial charge < -0.3 is 5.32 Å². The van der Waals surface area contributed by atoms with E-state index in [1.54, 1.807) is 60.8 Å². The number of imide groups is 1. The Morgan fingerprint density at radius 1 is 0.964 bits per heavy atom. The van der Waals surface area contributed by atoms with E-state index < -0.39 is 0 Å². The molecule has 4 rings (SSSR count). The van der Waals surface area contributed by atoms with Gasteiger partial charge in [-0.1, -0.05) is 30.3 Å². The number of anilines is 1. The van der Waals surface area contributed by atoms with E-state index in [1.165, 1.54) is 4.90 Å². The highest BCUT2D eigenvalue weighted by molar-refractivity contribution is 6.21. The maximum atomic E-state index is 12.5. The number of carbonyl (C=O) groups is 3. The minimum absolute atomic E-state index is 0.107. The summed E-state index contributed by atoms with van der Waals surface area (Å²) in [6.07, 6.45) is 1.67. The predicted molar refractivity (Wildman–Crippen MR) is 104 cm³/mol.